The summed E-state index contributed by atoms with van der Waals surface area (Å²) in [4.78, 5) is 0. The van der Waals surface area contributed by atoms with Crippen LogP contribution in [0.3, 0.4) is 0 Å². The minimum Gasteiger partial charge on any atom is -0.200 e. The quantitative estimate of drug-likeness (QED) is 0.903. The Labute approximate surface area is 111 Å². The molecule has 4 nitrogen and oxygen atoms in total. The molecule has 0 spiro atoms. The van der Waals surface area contributed by atoms with Crippen LogP contribution in [-0.4, -0.2) is 25.8 Å². The van der Waals surface area contributed by atoms with Gasteiger partial charge in [0.05, 0.1) is 0 Å². The summed E-state index contributed by atoms with van der Waals surface area (Å²) in [5.74, 6) is 0. The van der Waals surface area contributed by atoms with E-state index in [-0.39, 0.29) is 6.04 Å². The molecule has 0 aliphatic carbocycles. The van der Waals surface area contributed by atoms with E-state index >= 15 is 0 Å². The SMILES string of the molecule is CC(C)NS(=O)(=O)N(C)Cc1cccc(Br)c1. The fourth-order valence-corrected chi connectivity index (χ4v) is 2.91. The van der Waals surface area contributed by atoms with Crippen LogP contribution < -0.4 is 4.72 Å². The topological polar surface area (TPSA) is 49.4 Å². The molecular formula is C11H17BrN2O2S. The summed E-state index contributed by atoms with van der Waals surface area (Å²) in [6.45, 7) is 3.94. The van der Waals surface area contributed by atoms with Crippen LogP contribution in [0.15, 0.2) is 28.7 Å². The van der Waals surface area contributed by atoms with Gasteiger partial charge in [-0.1, -0.05) is 28.1 Å². The number of hydrogen-bond donors (Lipinski definition) is 1. The lowest BCUT2D eigenvalue weighted by molar-refractivity contribution is 0.449. The van der Waals surface area contributed by atoms with Crippen LogP contribution in [0, 0.1) is 0 Å². The third-order valence-electron chi connectivity index (χ3n) is 2.09. The zero-order valence-electron chi connectivity index (χ0n) is 10.1. The Morgan fingerprint density at radius 2 is 2.06 bits per heavy atom. The summed E-state index contributed by atoms with van der Waals surface area (Å²) in [7, 11) is -1.84. The predicted molar refractivity (Wildman–Crippen MR) is 72.8 cm³/mol. The molecule has 1 aromatic carbocycles. The lowest BCUT2D eigenvalue weighted by Gasteiger charge is -2.19. The number of hydrogen-bond acceptors (Lipinski definition) is 2. The summed E-state index contributed by atoms with van der Waals surface area (Å²) in [5, 5.41) is 0. The molecule has 6 heteroatoms. The maximum Gasteiger partial charge on any atom is 0.279 e. The van der Waals surface area contributed by atoms with E-state index in [1.807, 2.05) is 24.3 Å². The van der Waals surface area contributed by atoms with Crippen molar-refractivity contribution in [3.8, 4) is 0 Å². The molecule has 0 aliphatic heterocycles. The van der Waals surface area contributed by atoms with Crippen LogP contribution in [0.25, 0.3) is 0 Å². The number of rotatable bonds is 5. The first-order chi connectivity index (χ1) is 7.81. The monoisotopic (exact) mass is 320 g/mol. The minimum absolute atomic E-state index is 0.107. The fourth-order valence-electron chi connectivity index (χ4n) is 1.37. The third kappa shape index (κ3) is 4.75. The summed E-state index contributed by atoms with van der Waals surface area (Å²) in [6, 6.07) is 7.48. The molecule has 0 fully saturated rings. The largest absolute Gasteiger partial charge is 0.279 e. The van der Waals surface area contributed by atoms with Crippen molar-refractivity contribution in [2.24, 2.45) is 0 Å². The molecule has 0 bridgehead atoms. The van der Waals surface area contributed by atoms with Crippen LogP contribution in [-0.2, 0) is 16.8 Å². The van der Waals surface area contributed by atoms with Gasteiger partial charge in [-0.05, 0) is 31.5 Å². The van der Waals surface area contributed by atoms with Gasteiger partial charge in [-0.25, -0.2) is 0 Å². The van der Waals surface area contributed by atoms with Gasteiger partial charge in [-0.15, -0.1) is 0 Å². The molecule has 1 N–H and O–H groups in total. The maximum absolute atomic E-state index is 11.8. The summed E-state index contributed by atoms with van der Waals surface area (Å²) in [5.41, 5.74) is 0.941. The second-order valence-corrected chi connectivity index (χ2v) is 6.89. The third-order valence-corrected chi connectivity index (χ3v) is 4.30. The number of halogens is 1. The van der Waals surface area contributed by atoms with Gasteiger partial charge >= 0.3 is 0 Å². The highest BCUT2D eigenvalue weighted by molar-refractivity contribution is 9.10. The molecule has 17 heavy (non-hydrogen) atoms. The van der Waals surface area contributed by atoms with E-state index < -0.39 is 10.2 Å². The molecule has 0 aromatic heterocycles. The van der Waals surface area contributed by atoms with Crippen molar-refractivity contribution in [1.82, 2.24) is 9.03 Å². The van der Waals surface area contributed by atoms with E-state index in [4.69, 9.17) is 0 Å². The maximum atomic E-state index is 11.8. The Morgan fingerprint density at radius 1 is 1.41 bits per heavy atom. The Hall–Kier alpha value is -0.430. The molecule has 0 heterocycles. The summed E-state index contributed by atoms with van der Waals surface area (Å²) >= 11 is 3.36. The average molecular weight is 321 g/mol. The van der Waals surface area contributed by atoms with Crippen molar-refractivity contribution < 1.29 is 8.42 Å². The van der Waals surface area contributed by atoms with Crippen LogP contribution in [0.1, 0.15) is 19.4 Å². The molecule has 0 amide bonds. The lowest BCUT2D eigenvalue weighted by atomic mass is 10.2. The highest BCUT2D eigenvalue weighted by atomic mass is 79.9. The van der Waals surface area contributed by atoms with Gasteiger partial charge in [0.1, 0.15) is 0 Å². The zero-order chi connectivity index (χ0) is 13.1. The van der Waals surface area contributed by atoms with Gasteiger partial charge in [-0.3, -0.25) is 0 Å². The highest BCUT2D eigenvalue weighted by Gasteiger charge is 2.18. The first-order valence-corrected chi connectivity index (χ1v) is 7.52. The highest BCUT2D eigenvalue weighted by Crippen LogP contribution is 2.13. The van der Waals surface area contributed by atoms with E-state index in [9.17, 15) is 8.42 Å². The van der Waals surface area contributed by atoms with Crippen molar-refractivity contribution in [2.75, 3.05) is 7.05 Å². The van der Waals surface area contributed by atoms with Gasteiger partial charge in [0.25, 0.3) is 10.2 Å². The van der Waals surface area contributed by atoms with E-state index in [1.165, 1.54) is 4.31 Å². The van der Waals surface area contributed by atoms with Crippen molar-refractivity contribution in [1.29, 1.82) is 0 Å². The standard InChI is InChI=1S/C11H17BrN2O2S/c1-9(2)13-17(15,16)14(3)8-10-5-4-6-11(12)7-10/h4-7,9,13H,8H2,1-3H3. The van der Waals surface area contributed by atoms with Crippen molar-refractivity contribution in [3.05, 3.63) is 34.3 Å². The van der Waals surface area contributed by atoms with Gasteiger partial charge < -0.3 is 0 Å². The second-order valence-electron chi connectivity index (χ2n) is 4.16. The molecule has 0 aliphatic rings. The molecule has 0 saturated heterocycles. The molecule has 96 valence electrons. The first-order valence-electron chi connectivity index (χ1n) is 5.29. The van der Waals surface area contributed by atoms with E-state index in [0.29, 0.717) is 6.54 Å². The van der Waals surface area contributed by atoms with Gasteiger partial charge in [0, 0.05) is 24.1 Å². The molecule has 1 rings (SSSR count). The van der Waals surface area contributed by atoms with Crippen LogP contribution >= 0.6 is 15.9 Å². The molecule has 0 atom stereocenters. The van der Waals surface area contributed by atoms with Crippen LogP contribution in [0.2, 0.25) is 0 Å². The normalized spacial score (nSPS) is 12.4. The van der Waals surface area contributed by atoms with E-state index in [2.05, 4.69) is 20.7 Å². The van der Waals surface area contributed by atoms with Gasteiger partial charge in [0.15, 0.2) is 0 Å². The molecule has 0 unspecified atom stereocenters. The van der Waals surface area contributed by atoms with Gasteiger partial charge in [0.2, 0.25) is 0 Å². The minimum atomic E-state index is -3.40. The predicted octanol–water partition coefficient (Wildman–Crippen LogP) is 2.12. The van der Waals surface area contributed by atoms with E-state index in [0.717, 1.165) is 10.0 Å². The molecule has 1 aromatic rings. The average Bonchev–Trinajstić information content (AvgIpc) is 2.15. The van der Waals surface area contributed by atoms with Crippen molar-refractivity contribution in [2.45, 2.75) is 26.4 Å². The summed E-state index contributed by atoms with van der Waals surface area (Å²) in [6.07, 6.45) is 0. The first kappa shape index (κ1) is 14.6. The van der Waals surface area contributed by atoms with Gasteiger partial charge in [-0.2, -0.15) is 17.4 Å². The van der Waals surface area contributed by atoms with Crippen molar-refractivity contribution >= 4 is 26.1 Å². The second kappa shape index (κ2) is 5.95. The fraction of sp³-hybridized carbons (Fsp3) is 0.455. The van der Waals surface area contributed by atoms with Crippen LogP contribution in [0.4, 0.5) is 0 Å². The number of nitrogens with zero attached hydrogens (tertiary/aromatic N) is 1. The zero-order valence-corrected chi connectivity index (χ0v) is 12.5. The molecule has 0 saturated carbocycles. The molecule has 0 radical (unpaired) electrons. The summed E-state index contributed by atoms with van der Waals surface area (Å²) < 4.78 is 28.4. The Bertz CT molecular complexity index is 474. The van der Waals surface area contributed by atoms with E-state index in [1.54, 1.807) is 20.9 Å². The number of nitrogens with one attached hydrogen (secondary N) is 1. The molecular weight excluding hydrogens is 304 g/mol. The smallest absolute Gasteiger partial charge is 0.200 e. The number of benzene rings is 1. The lowest BCUT2D eigenvalue weighted by Crippen LogP contribution is -2.41. The van der Waals surface area contributed by atoms with Crippen LogP contribution in [0.5, 0.6) is 0 Å². The Morgan fingerprint density at radius 3 is 2.59 bits per heavy atom. The Balaban J connectivity index is 2.75. The Kier molecular flexibility index (Phi) is 5.12. The van der Waals surface area contributed by atoms with Crippen molar-refractivity contribution in [3.63, 3.8) is 0 Å².